The van der Waals surface area contributed by atoms with Gasteiger partial charge in [0.15, 0.2) is 0 Å². The third-order valence-corrected chi connectivity index (χ3v) is 3.58. The Morgan fingerprint density at radius 2 is 1.79 bits per heavy atom. The van der Waals surface area contributed by atoms with Crippen molar-refractivity contribution in [2.24, 2.45) is 0 Å². The van der Waals surface area contributed by atoms with E-state index in [1.54, 1.807) is 0 Å². The fraction of sp³-hybridized carbons (Fsp3) is 0.200. The number of benzene rings is 2. The zero-order valence-corrected chi connectivity index (χ0v) is 12.0. The first-order chi connectivity index (χ1) is 9.08. The zero-order valence-electron chi connectivity index (χ0n) is 10.5. The average Bonchev–Trinajstić information content (AvgIpc) is 2.41. The summed E-state index contributed by atoms with van der Waals surface area (Å²) in [4.78, 5) is 0. The maximum absolute atomic E-state index is 13.5. The van der Waals surface area contributed by atoms with Crippen LogP contribution in [0.15, 0.2) is 42.5 Å². The summed E-state index contributed by atoms with van der Waals surface area (Å²) in [6.07, 6.45) is 0. The molecule has 1 unspecified atom stereocenters. The van der Waals surface area contributed by atoms with E-state index in [0.717, 1.165) is 0 Å². The van der Waals surface area contributed by atoms with E-state index in [4.69, 9.17) is 23.2 Å². The molecule has 2 aromatic carbocycles. The van der Waals surface area contributed by atoms with Crippen molar-refractivity contribution in [2.45, 2.75) is 19.5 Å². The molecule has 0 saturated carbocycles. The summed E-state index contributed by atoms with van der Waals surface area (Å²) in [5.41, 5.74) is 1.87. The van der Waals surface area contributed by atoms with Gasteiger partial charge in [-0.3, -0.25) is 0 Å². The first kappa shape index (κ1) is 14.3. The van der Waals surface area contributed by atoms with Crippen LogP contribution in [0.2, 0.25) is 10.0 Å². The van der Waals surface area contributed by atoms with Gasteiger partial charge in [0, 0.05) is 17.6 Å². The molecule has 0 amide bonds. The Hall–Kier alpha value is -1.09. The van der Waals surface area contributed by atoms with Crippen molar-refractivity contribution in [1.29, 1.82) is 0 Å². The van der Waals surface area contributed by atoms with Gasteiger partial charge in [-0.2, -0.15) is 0 Å². The van der Waals surface area contributed by atoms with E-state index in [0.29, 0.717) is 17.1 Å². The SMILES string of the molecule is CC(NCc1ccccc1)c1cc(F)c(Cl)cc1Cl. The van der Waals surface area contributed by atoms with Gasteiger partial charge in [0.2, 0.25) is 0 Å². The lowest BCUT2D eigenvalue weighted by Crippen LogP contribution is -2.18. The minimum absolute atomic E-state index is 0.0454. The van der Waals surface area contributed by atoms with Gasteiger partial charge in [-0.05, 0) is 30.2 Å². The van der Waals surface area contributed by atoms with E-state index in [1.807, 2.05) is 37.3 Å². The molecule has 0 aromatic heterocycles. The highest BCUT2D eigenvalue weighted by Gasteiger charge is 2.13. The summed E-state index contributed by atoms with van der Waals surface area (Å²) < 4.78 is 13.5. The molecule has 0 saturated heterocycles. The van der Waals surface area contributed by atoms with Crippen molar-refractivity contribution < 1.29 is 4.39 Å². The quantitative estimate of drug-likeness (QED) is 0.785. The lowest BCUT2D eigenvalue weighted by molar-refractivity contribution is 0.565. The second-order valence-electron chi connectivity index (χ2n) is 4.38. The van der Waals surface area contributed by atoms with Crippen LogP contribution in [0.1, 0.15) is 24.1 Å². The van der Waals surface area contributed by atoms with Crippen molar-refractivity contribution in [3.63, 3.8) is 0 Å². The highest BCUT2D eigenvalue weighted by Crippen LogP contribution is 2.28. The Labute approximate surface area is 122 Å². The van der Waals surface area contributed by atoms with Gasteiger partial charge in [0.25, 0.3) is 0 Å². The lowest BCUT2D eigenvalue weighted by atomic mass is 10.1. The minimum atomic E-state index is -0.450. The summed E-state index contributed by atoms with van der Waals surface area (Å²) in [5.74, 6) is -0.450. The highest BCUT2D eigenvalue weighted by molar-refractivity contribution is 6.35. The summed E-state index contributed by atoms with van der Waals surface area (Å²) in [7, 11) is 0. The van der Waals surface area contributed by atoms with E-state index >= 15 is 0 Å². The maximum Gasteiger partial charge on any atom is 0.142 e. The van der Waals surface area contributed by atoms with Gasteiger partial charge in [0.1, 0.15) is 5.82 Å². The van der Waals surface area contributed by atoms with Gasteiger partial charge in [0.05, 0.1) is 5.02 Å². The van der Waals surface area contributed by atoms with Gasteiger partial charge in [-0.25, -0.2) is 4.39 Å². The van der Waals surface area contributed by atoms with Crippen LogP contribution in [0.4, 0.5) is 4.39 Å². The Morgan fingerprint density at radius 3 is 2.47 bits per heavy atom. The molecule has 4 heteroatoms. The average molecular weight is 298 g/mol. The fourth-order valence-corrected chi connectivity index (χ4v) is 2.39. The topological polar surface area (TPSA) is 12.0 Å². The standard InChI is InChI=1S/C15H14Cl2FN/c1-10(19-9-11-5-3-2-4-6-11)12-7-15(18)14(17)8-13(12)16/h2-8,10,19H,9H2,1H3. The molecule has 1 atom stereocenters. The van der Waals surface area contributed by atoms with Crippen molar-refractivity contribution >= 4 is 23.2 Å². The van der Waals surface area contributed by atoms with Crippen molar-refractivity contribution in [2.75, 3.05) is 0 Å². The van der Waals surface area contributed by atoms with Crippen LogP contribution < -0.4 is 5.32 Å². The summed E-state index contributed by atoms with van der Waals surface area (Å²) in [5, 5.41) is 3.83. The monoisotopic (exact) mass is 297 g/mol. The largest absolute Gasteiger partial charge is 0.306 e. The second-order valence-corrected chi connectivity index (χ2v) is 5.19. The molecule has 1 N–H and O–H groups in total. The highest BCUT2D eigenvalue weighted by atomic mass is 35.5. The van der Waals surface area contributed by atoms with E-state index < -0.39 is 5.82 Å². The molecule has 2 rings (SSSR count). The predicted molar refractivity (Wildman–Crippen MR) is 78.1 cm³/mol. The smallest absolute Gasteiger partial charge is 0.142 e. The molecule has 0 bridgehead atoms. The summed E-state index contributed by atoms with van der Waals surface area (Å²) >= 11 is 11.8. The molecule has 0 heterocycles. The summed E-state index contributed by atoms with van der Waals surface area (Å²) in [6, 6.07) is 12.8. The van der Waals surface area contributed by atoms with Gasteiger partial charge < -0.3 is 5.32 Å². The molecule has 0 aliphatic carbocycles. The fourth-order valence-electron chi connectivity index (χ4n) is 1.85. The summed E-state index contributed by atoms with van der Waals surface area (Å²) in [6.45, 7) is 2.64. The van der Waals surface area contributed by atoms with E-state index in [9.17, 15) is 4.39 Å². The number of rotatable bonds is 4. The number of hydrogen-bond donors (Lipinski definition) is 1. The van der Waals surface area contributed by atoms with Crippen LogP contribution in [0.25, 0.3) is 0 Å². The van der Waals surface area contributed by atoms with Crippen LogP contribution in [0.5, 0.6) is 0 Å². The number of hydrogen-bond acceptors (Lipinski definition) is 1. The number of nitrogens with one attached hydrogen (secondary N) is 1. The van der Waals surface area contributed by atoms with E-state index in [2.05, 4.69) is 5.32 Å². The lowest BCUT2D eigenvalue weighted by Gasteiger charge is -2.16. The second kappa shape index (κ2) is 6.38. The molecule has 0 radical (unpaired) electrons. The molecule has 1 nitrogen and oxygen atoms in total. The number of halogens is 3. The molecular formula is C15H14Cl2FN. The van der Waals surface area contributed by atoms with Gasteiger partial charge in [-0.15, -0.1) is 0 Å². The van der Waals surface area contributed by atoms with Crippen LogP contribution in [0.3, 0.4) is 0 Å². The van der Waals surface area contributed by atoms with Crippen LogP contribution in [-0.4, -0.2) is 0 Å². The minimum Gasteiger partial charge on any atom is -0.306 e. The maximum atomic E-state index is 13.5. The van der Waals surface area contributed by atoms with Crippen molar-refractivity contribution in [3.05, 3.63) is 69.5 Å². The Kier molecular flexibility index (Phi) is 4.81. The molecule has 2 aromatic rings. The predicted octanol–water partition coefficient (Wildman–Crippen LogP) is 4.98. The van der Waals surface area contributed by atoms with Crippen molar-refractivity contribution in [1.82, 2.24) is 5.32 Å². The van der Waals surface area contributed by atoms with Crippen LogP contribution >= 0.6 is 23.2 Å². The molecule has 0 aliphatic heterocycles. The Bertz CT molecular complexity index is 558. The van der Waals surface area contributed by atoms with E-state index in [1.165, 1.54) is 17.7 Å². The Morgan fingerprint density at radius 1 is 1.11 bits per heavy atom. The van der Waals surface area contributed by atoms with Crippen molar-refractivity contribution in [3.8, 4) is 0 Å². The molecule has 0 fully saturated rings. The zero-order chi connectivity index (χ0) is 13.8. The Balaban J connectivity index is 2.08. The third kappa shape index (κ3) is 3.69. The molecule has 0 aliphatic rings. The molecular weight excluding hydrogens is 284 g/mol. The first-order valence-corrected chi connectivity index (χ1v) is 6.75. The normalized spacial score (nSPS) is 12.4. The third-order valence-electron chi connectivity index (χ3n) is 2.96. The first-order valence-electron chi connectivity index (χ1n) is 5.99. The van der Waals surface area contributed by atoms with Crippen LogP contribution in [0, 0.1) is 5.82 Å². The van der Waals surface area contributed by atoms with Crippen LogP contribution in [-0.2, 0) is 6.54 Å². The van der Waals surface area contributed by atoms with E-state index in [-0.39, 0.29) is 11.1 Å². The molecule has 19 heavy (non-hydrogen) atoms. The van der Waals surface area contributed by atoms with Gasteiger partial charge >= 0.3 is 0 Å². The molecule has 100 valence electrons. The molecule has 0 spiro atoms. The van der Waals surface area contributed by atoms with Gasteiger partial charge in [-0.1, -0.05) is 53.5 Å².